The minimum atomic E-state index is -0.508. The Labute approximate surface area is 168 Å². The van der Waals surface area contributed by atoms with E-state index >= 15 is 0 Å². The molecular formula is C24H32FNO2. The van der Waals surface area contributed by atoms with Crippen molar-refractivity contribution in [1.82, 2.24) is 0 Å². The number of carbonyl (C=O) groups is 1. The summed E-state index contributed by atoms with van der Waals surface area (Å²) in [6.45, 7) is 14.6. The summed E-state index contributed by atoms with van der Waals surface area (Å²) in [4.78, 5) is 11.1. The van der Waals surface area contributed by atoms with Crippen LogP contribution in [0.2, 0.25) is 0 Å². The van der Waals surface area contributed by atoms with Crippen molar-refractivity contribution in [2.24, 2.45) is 10.8 Å². The number of carbonyl (C=O) groups excluding carboxylic acids is 1. The zero-order chi connectivity index (χ0) is 21.1. The molecule has 0 heterocycles. The highest BCUT2D eigenvalue weighted by atomic mass is 19.1. The first-order valence-electron chi connectivity index (χ1n) is 9.69. The quantitative estimate of drug-likeness (QED) is 0.618. The van der Waals surface area contributed by atoms with E-state index in [0.29, 0.717) is 11.4 Å². The highest BCUT2D eigenvalue weighted by Gasteiger charge is 2.19. The third kappa shape index (κ3) is 6.99. The topological polar surface area (TPSA) is 38.3 Å². The monoisotopic (exact) mass is 385 g/mol. The first-order chi connectivity index (χ1) is 12.8. The largest absolute Gasteiger partial charge is 0.454 e. The van der Waals surface area contributed by atoms with Crippen molar-refractivity contribution in [1.29, 1.82) is 0 Å². The number of amides is 1. The van der Waals surface area contributed by atoms with Crippen LogP contribution < -0.4 is 10.1 Å². The van der Waals surface area contributed by atoms with Crippen LogP contribution in [0.1, 0.15) is 59.6 Å². The van der Waals surface area contributed by atoms with Crippen LogP contribution >= 0.6 is 0 Å². The molecule has 4 heteroatoms. The molecule has 0 unspecified atom stereocenters. The van der Waals surface area contributed by atoms with Crippen LogP contribution in [0.3, 0.4) is 0 Å². The fraction of sp³-hybridized carbons (Fsp3) is 0.458. The van der Waals surface area contributed by atoms with Gasteiger partial charge in [0.1, 0.15) is 5.75 Å². The van der Waals surface area contributed by atoms with Crippen molar-refractivity contribution < 1.29 is 13.9 Å². The number of halogens is 1. The molecule has 0 bridgehead atoms. The number of anilines is 1. The summed E-state index contributed by atoms with van der Waals surface area (Å²) in [5.41, 5.74) is 2.99. The molecule has 0 saturated heterocycles. The van der Waals surface area contributed by atoms with Crippen molar-refractivity contribution in [3.8, 4) is 11.5 Å². The molecule has 2 aromatic rings. The van der Waals surface area contributed by atoms with Gasteiger partial charge in [0.05, 0.1) is 0 Å². The van der Waals surface area contributed by atoms with Gasteiger partial charge in [0.15, 0.2) is 11.6 Å². The number of hydrogen-bond donors (Lipinski definition) is 1. The zero-order valence-corrected chi connectivity index (χ0v) is 18.1. The smallest absolute Gasteiger partial charge is 0.221 e. The maximum absolute atomic E-state index is 14.5. The predicted molar refractivity (Wildman–Crippen MR) is 114 cm³/mol. The number of ether oxygens (including phenoxy) is 1. The lowest BCUT2D eigenvalue weighted by Gasteiger charge is -2.23. The normalized spacial score (nSPS) is 12.0. The lowest BCUT2D eigenvalue weighted by molar-refractivity contribution is -0.114. The SMILES string of the molecule is CC(=O)Nc1ccc(Oc2ccc(CC(C)(C)C)cc2CC(C)(C)C)c(F)c1. The first-order valence-corrected chi connectivity index (χ1v) is 9.69. The Morgan fingerprint density at radius 3 is 2.07 bits per heavy atom. The van der Waals surface area contributed by atoms with Crippen molar-refractivity contribution in [3.63, 3.8) is 0 Å². The highest BCUT2D eigenvalue weighted by Crippen LogP contribution is 2.34. The molecule has 3 nitrogen and oxygen atoms in total. The molecule has 2 aromatic carbocycles. The lowest BCUT2D eigenvalue weighted by Crippen LogP contribution is -2.12. The summed E-state index contributed by atoms with van der Waals surface area (Å²) in [7, 11) is 0. The minimum absolute atomic E-state index is 0.0757. The van der Waals surface area contributed by atoms with E-state index in [1.54, 1.807) is 12.1 Å². The van der Waals surface area contributed by atoms with Gasteiger partial charge in [0.25, 0.3) is 0 Å². The van der Waals surface area contributed by atoms with E-state index in [4.69, 9.17) is 4.74 Å². The second-order valence-electron chi connectivity index (χ2n) is 9.85. The summed E-state index contributed by atoms with van der Waals surface area (Å²) in [6.07, 6.45) is 1.79. The van der Waals surface area contributed by atoms with E-state index in [2.05, 4.69) is 59.0 Å². The third-order valence-electron chi connectivity index (χ3n) is 4.05. The Morgan fingerprint density at radius 2 is 1.54 bits per heavy atom. The summed E-state index contributed by atoms with van der Waals surface area (Å²) in [6, 6.07) is 10.6. The zero-order valence-electron chi connectivity index (χ0n) is 18.1. The molecule has 0 aliphatic rings. The molecule has 0 atom stereocenters. The van der Waals surface area contributed by atoms with Gasteiger partial charge in [-0.2, -0.15) is 0 Å². The standard InChI is InChI=1S/C24H32FNO2/c1-16(27)26-19-9-11-22(20(25)13-19)28-21-10-8-17(14-23(2,3)4)12-18(21)15-24(5,6)7/h8-13H,14-15H2,1-7H3,(H,26,27). The molecular weight excluding hydrogens is 353 g/mol. The molecule has 1 amide bonds. The molecule has 28 heavy (non-hydrogen) atoms. The van der Waals surface area contributed by atoms with E-state index in [9.17, 15) is 9.18 Å². The number of benzene rings is 2. The fourth-order valence-corrected chi connectivity index (χ4v) is 3.15. The third-order valence-corrected chi connectivity index (χ3v) is 4.05. The molecule has 0 spiro atoms. The van der Waals surface area contributed by atoms with Crippen molar-refractivity contribution in [2.75, 3.05) is 5.32 Å². The van der Waals surface area contributed by atoms with Gasteiger partial charge in [0.2, 0.25) is 5.91 Å². The van der Waals surface area contributed by atoms with E-state index in [-0.39, 0.29) is 22.5 Å². The maximum atomic E-state index is 14.5. The average molecular weight is 386 g/mol. The Kier molecular flexibility index (Phi) is 6.53. The van der Waals surface area contributed by atoms with Gasteiger partial charge in [-0.3, -0.25) is 4.79 Å². The van der Waals surface area contributed by atoms with Crippen molar-refractivity contribution in [3.05, 3.63) is 53.3 Å². The summed E-state index contributed by atoms with van der Waals surface area (Å²) >= 11 is 0. The fourth-order valence-electron chi connectivity index (χ4n) is 3.15. The Bertz CT molecular complexity index is 845. The summed E-state index contributed by atoms with van der Waals surface area (Å²) in [5, 5.41) is 2.57. The molecule has 0 fully saturated rings. The van der Waals surface area contributed by atoms with Gasteiger partial charge in [-0.05, 0) is 53.0 Å². The van der Waals surface area contributed by atoms with Gasteiger partial charge < -0.3 is 10.1 Å². The summed E-state index contributed by atoms with van der Waals surface area (Å²) in [5.74, 6) is 0.0632. The molecule has 0 aromatic heterocycles. The van der Waals surface area contributed by atoms with Crippen LogP contribution in [-0.2, 0) is 17.6 Å². The van der Waals surface area contributed by atoms with Crippen LogP contribution in [0.15, 0.2) is 36.4 Å². The van der Waals surface area contributed by atoms with Gasteiger partial charge in [-0.25, -0.2) is 4.39 Å². The number of hydrogen-bond acceptors (Lipinski definition) is 2. The Hall–Kier alpha value is -2.36. The number of rotatable bonds is 5. The van der Waals surface area contributed by atoms with E-state index < -0.39 is 5.82 Å². The van der Waals surface area contributed by atoms with E-state index in [0.717, 1.165) is 18.4 Å². The molecule has 152 valence electrons. The second kappa shape index (κ2) is 8.34. The molecule has 0 saturated carbocycles. The van der Waals surface area contributed by atoms with Crippen LogP contribution in [0, 0.1) is 16.6 Å². The van der Waals surface area contributed by atoms with E-state index in [1.165, 1.54) is 18.6 Å². The van der Waals surface area contributed by atoms with Crippen LogP contribution in [0.25, 0.3) is 0 Å². The van der Waals surface area contributed by atoms with Gasteiger partial charge >= 0.3 is 0 Å². The molecule has 0 aliphatic carbocycles. The highest BCUT2D eigenvalue weighted by molar-refractivity contribution is 5.88. The molecule has 2 rings (SSSR count). The van der Waals surface area contributed by atoms with E-state index in [1.807, 2.05) is 6.07 Å². The van der Waals surface area contributed by atoms with Crippen molar-refractivity contribution in [2.45, 2.75) is 61.3 Å². The van der Waals surface area contributed by atoms with Crippen molar-refractivity contribution >= 4 is 11.6 Å². The Balaban J connectivity index is 2.34. The van der Waals surface area contributed by atoms with Gasteiger partial charge in [0, 0.05) is 18.7 Å². The maximum Gasteiger partial charge on any atom is 0.221 e. The van der Waals surface area contributed by atoms with Gasteiger partial charge in [-0.1, -0.05) is 53.7 Å². The lowest BCUT2D eigenvalue weighted by atomic mass is 9.84. The van der Waals surface area contributed by atoms with Gasteiger partial charge in [-0.15, -0.1) is 0 Å². The molecule has 0 radical (unpaired) electrons. The van der Waals surface area contributed by atoms with Crippen LogP contribution in [0.5, 0.6) is 11.5 Å². The van der Waals surface area contributed by atoms with Crippen LogP contribution in [-0.4, -0.2) is 5.91 Å². The number of nitrogens with one attached hydrogen (secondary N) is 1. The first kappa shape index (κ1) is 21.9. The summed E-state index contributed by atoms with van der Waals surface area (Å²) < 4.78 is 20.4. The minimum Gasteiger partial charge on any atom is -0.454 e. The Morgan fingerprint density at radius 1 is 0.929 bits per heavy atom. The second-order valence-corrected chi connectivity index (χ2v) is 9.85. The predicted octanol–water partition coefficient (Wildman–Crippen LogP) is 6.75. The molecule has 0 aliphatic heterocycles. The average Bonchev–Trinajstić information content (AvgIpc) is 2.48. The van der Waals surface area contributed by atoms with Crippen LogP contribution in [0.4, 0.5) is 10.1 Å². The molecule has 1 N–H and O–H groups in total.